The molecule has 0 saturated carbocycles. The van der Waals surface area contributed by atoms with Gasteiger partial charge in [-0.3, -0.25) is 0 Å². The molecule has 1 fully saturated rings. The second-order valence-electron chi connectivity index (χ2n) is 7.40. The molecular weight excluding hydrogens is 262 g/mol. The van der Waals surface area contributed by atoms with Crippen LogP contribution in [0.1, 0.15) is 45.2 Å². The molecule has 1 N–H and O–H groups in total. The predicted molar refractivity (Wildman–Crippen MR) is 88.5 cm³/mol. The quantitative estimate of drug-likeness (QED) is 0.828. The highest BCUT2D eigenvalue weighted by Crippen LogP contribution is 2.40. The smallest absolute Gasteiger partial charge is 0.192 e. The van der Waals surface area contributed by atoms with Gasteiger partial charge in [-0.2, -0.15) is 0 Å². The zero-order valence-electron chi connectivity index (χ0n) is 13.6. The van der Waals surface area contributed by atoms with E-state index in [1.54, 1.807) is 0 Å². The molecule has 0 unspecified atom stereocenters. The van der Waals surface area contributed by atoms with Gasteiger partial charge in [0.05, 0.1) is 12.1 Å². The van der Waals surface area contributed by atoms with E-state index in [-0.39, 0.29) is 5.04 Å². The molecule has 2 nitrogen and oxygen atoms in total. The first-order valence-electron chi connectivity index (χ1n) is 7.77. The average molecular weight is 292 g/mol. The summed E-state index contributed by atoms with van der Waals surface area (Å²) in [5.41, 5.74) is 1.36. The Morgan fingerprint density at radius 3 is 2.40 bits per heavy atom. The van der Waals surface area contributed by atoms with E-state index in [1.165, 1.54) is 18.4 Å². The van der Waals surface area contributed by atoms with Crippen molar-refractivity contribution in [3.05, 3.63) is 35.9 Å². The van der Waals surface area contributed by atoms with Crippen LogP contribution in [0.15, 0.2) is 30.3 Å². The maximum Gasteiger partial charge on any atom is 0.192 e. The van der Waals surface area contributed by atoms with E-state index in [1.807, 2.05) is 0 Å². The fourth-order valence-corrected chi connectivity index (χ4v) is 3.90. The van der Waals surface area contributed by atoms with Gasteiger partial charge < -0.3 is 9.74 Å². The first kappa shape index (κ1) is 15.7. The molecule has 1 aromatic rings. The van der Waals surface area contributed by atoms with E-state index in [2.05, 4.69) is 69.5 Å². The monoisotopic (exact) mass is 291 g/mol. The topological polar surface area (TPSA) is 21.3 Å². The Labute approximate surface area is 125 Å². The molecule has 112 valence electrons. The molecule has 0 bridgehead atoms. The lowest BCUT2D eigenvalue weighted by Crippen LogP contribution is -2.49. The summed E-state index contributed by atoms with van der Waals surface area (Å²) in [4.78, 5) is 0. The summed E-state index contributed by atoms with van der Waals surface area (Å²) in [5.74, 6) is 0. The molecule has 0 aliphatic carbocycles. The molecule has 0 radical (unpaired) electrons. The summed E-state index contributed by atoms with van der Waals surface area (Å²) >= 11 is 0. The molecule has 20 heavy (non-hydrogen) atoms. The van der Waals surface area contributed by atoms with Gasteiger partial charge in [0, 0.05) is 0 Å². The molecule has 0 spiro atoms. The van der Waals surface area contributed by atoms with Crippen molar-refractivity contribution in [3.8, 4) is 0 Å². The fourth-order valence-electron chi connectivity index (χ4n) is 2.53. The van der Waals surface area contributed by atoms with Gasteiger partial charge in [0.25, 0.3) is 0 Å². The Morgan fingerprint density at radius 1 is 1.15 bits per heavy atom. The maximum absolute atomic E-state index is 6.69. The normalized spacial score (nSPS) is 24.6. The van der Waals surface area contributed by atoms with Crippen LogP contribution >= 0.6 is 0 Å². The van der Waals surface area contributed by atoms with Crippen molar-refractivity contribution in [2.45, 2.75) is 63.9 Å². The summed E-state index contributed by atoms with van der Waals surface area (Å²) in [6.45, 7) is 12.7. The van der Waals surface area contributed by atoms with Gasteiger partial charge in [0.2, 0.25) is 0 Å². The lowest BCUT2D eigenvalue weighted by atomic mass is 9.95. The molecule has 1 heterocycles. The number of benzene rings is 1. The third-order valence-corrected chi connectivity index (χ3v) is 9.32. The second kappa shape index (κ2) is 6.00. The predicted octanol–water partition coefficient (Wildman–Crippen LogP) is 4.50. The summed E-state index contributed by atoms with van der Waals surface area (Å²) < 4.78 is 6.69. The van der Waals surface area contributed by atoms with Gasteiger partial charge in [0.1, 0.15) is 0 Å². The Kier molecular flexibility index (Phi) is 4.72. The zero-order chi connectivity index (χ0) is 14.8. The molecule has 0 aromatic heterocycles. The standard InChI is InChI=1S/C17H29NOSi/c1-17(2,3)20(4,5)19-15-12-9-13-18-16(15)14-10-7-6-8-11-14/h6-8,10-11,15-16,18H,9,12-13H2,1-5H3/t15-,16-/m0/s1. The van der Waals surface area contributed by atoms with Crippen LogP contribution in [0.2, 0.25) is 18.1 Å². The number of hydrogen-bond acceptors (Lipinski definition) is 2. The van der Waals surface area contributed by atoms with Crippen LogP contribution in [0, 0.1) is 0 Å². The number of rotatable bonds is 3. The van der Waals surface area contributed by atoms with E-state index in [0.29, 0.717) is 12.1 Å². The Bertz CT molecular complexity index is 424. The van der Waals surface area contributed by atoms with Gasteiger partial charge in [-0.25, -0.2) is 0 Å². The molecule has 1 aromatic carbocycles. The van der Waals surface area contributed by atoms with Gasteiger partial charge in [-0.15, -0.1) is 0 Å². The van der Waals surface area contributed by atoms with Crippen LogP contribution in [-0.2, 0) is 4.43 Å². The minimum absolute atomic E-state index is 0.270. The van der Waals surface area contributed by atoms with Gasteiger partial charge in [-0.05, 0) is 43.1 Å². The summed E-state index contributed by atoms with van der Waals surface area (Å²) in [6.07, 6.45) is 2.69. The van der Waals surface area contributed by atoms with Crippen LogP contribution in [-0.4, -0.2) is 21.0 Å². The highest BCUT2D eigenvalue weighted by atomic mass is 28.4. The zero-order valence-corrected chi connectivity index (χ0v) is 14.6. The van der Waals surface area contributed by atoms with Crippen LogP contribution in [0.5, 0.6) is 0 Å². The van der Waals surface area contributed by atoms with E-state index in [0.717, 1.165) is 6.54 Å². The maximum atomic E-state index is 6.69. The van der Waals surface area contributed by atoms with E-state index in [9.17, 15) is 0 Å². The second-order valence-corrected chi connectivity index (χ2v) is 12.2. The third-order valence-electron chi connectivity index (χ3n) is 4.81. The van der Waals surface area contributed by atoms with Crippen molar-refractivity contribution >= 4 is 8.32 Å². The number of nitrogens with one attached hydrogen (secondary N) is 1. The van der Waals surface area contributed by atoms with Gasteiger partial charge >= 0.3 is 0 Å². The lowest BCUT2D eigenvalue weighted by molar-refractivity contribution is 0.105. The van der Waals surface area contributed by atoms with E-state index in [4.69, 9.17) is 4.43 Å². The Balaban J connectivity index is 2.16. The molecule has 0 amide bonds. The van der Waals surface area contributed by atoms with E-state index < -0.39 is 8.32 Å². The van der Waals surface area contributed by atoms with Crippen LogP contribution in [0.3, 0.4) is 0 Å². The molecule has 3 heteroatoms. The fraction of sp³-hybridized carbons (Fsp3) is 0.647. The molecular formula is C17H29NOSi. The average Bonchev–Trinajstić information content (AvgIpc) is 2.38. The Morgan fingerprint density at radius 2 is 1.80 bits per heavy atom. The minimum Gasteiger partial charge on any atom is -0.412 e. The number of hydrogen-bond donors (Lipinski definition) is 1. The van der Waals surface area contributed by atoms with Gasteiger partial charge in [0.15, 0.2) is 8.32 Å². The van der Waals surface area contributed by atoms with Crippen molar-refractivity contribution in [1.82, 2.24) is 5.32 Å². The molecule has 2 atom stereocenters. The van der Waals surface area contributed by atoms with Crippen LogP contribution in [0.4, 0.5) is 0 Å². The van der Waals surface area contributed by atoms with Crippen molar-refractivity contribution in [1.29, 1.82) is 0 Å². The molecule has 2 rings (SSSR count). The first-order valence-corrected chi connectivity index (χ1v) is 10.7. The van der Waals surface area contributed by atoms with Crippen LogP contribution in [0.25, 0.3) is 0 Å². The Hall–Kier alpha value is -0.643. The summed E-state index contributed by atoms with van der Waals surface area (Å²) in [6, 6.07) is 11.1. The lowest BCUT2D eigenvalue weighted by Gasteiger charge is -2.43. The highest BCUT2D eigenvalue weighted by molar-refractivity contribution is 6.74. The van der Waals surface area contributed by atoms with E-state index >= 15 is 0 Å². The van der Waals surface area contributed by atoms with Crippen LogP contribution < -0.4 is 5.32 Å². The van der Waals surface area contributed by atoms with Gasteiger partial charge in [-0.1, -0.05) is 51.1 Å². The van der Waals surface area contributed by atoms with Crippen molar-refractivity contribution in [3.63, 3.8) is 0 Å². The summed E-state index contributed by atoms with van der Waals surface area (Å²) in [5, 5.41) is 3.93. The SMILES string of the molecule is CC(C)(C)[Si](C)(C)O[C@H]1CCCN[C@H]1c1ccccc1. The summed E-state index contributed by atoms with van der Waals surface area (Å²) in [7, 11) is -1.71. The third kappa shape index (κ3) is 3.51. The largest absolute Gasteiger partial charge is 0.412 e. The molecule has 1 saturated heterocycles. The van der Waals surface area contributed by atoms with Crippen molar-refractivity contribution in [2.75, 3.05) is 6.54 Å². The molecule has 1 aliphatic rings. The van der Waals surface area contributed by atoms with Crippen molar-refractivity contribution < 1.29 is 4.43 Å². The minimum atomic E-state index is -1.71. The first-order chi connectivity index (χ1) is 9.31. The highest BCUT2D eigenvalue weighted by Gasteiger charge is 2.41. The van der Waals surface area contributed by atoms with Crippen molar-refractivity contribution in [2.24, 2.45) is 0 Å². The number of piperidine rings is 1. The molecule has 1 aliphatic heterocycles.